The first-order valence-corrected chi connectivity index (χ1v) is 7.86. The number of nitrogens with zero attached hydrogens (tertiary/aromatic N) is 1. The van der Waals surface area contributed by atoms with Crippen molar-refractivity contribution >= 4 is 33.5 Å². The minimum Gasteiger partial charge on any atom is -0.370 e. The maximum atomic E-state index is 11.7. The SMILES string of the molecule is CC(C)CCN=C(N)NCCC(=O)Nc1ccc(Br)cc1. The Morgan fingerprint density at radius 2 is 2.00 bits per heavy atom. The lowest BCUT2D eigenvalue weighted by Gasteiger charge is -2.07. The Bertz CT molecular complexity index is 471. The average Bonchev–Trinajstić information content (AvgIpc) is 2.41. The molecule has 21 heavy (non-hydrogen) atoms. The van der Waals surface area contributed by atoms with Gasteiger partial charge in [0.2, 0.25) is 5.91 Å². The average molecular weight is 355 g/mol. The molecular formula is C15H23BrN4O. The zero-order valence-electron chi connectivity index (χ0n) is 12.5. The summed E-state index contributed by atoms with van der Waals surface area (Å²) in [5, 5.41) is 5.76. The lowest BCUT2D eigenvalue weighted by Crippen LogP contribution is -2.34. The predicted molar refractivity (Wildman–Crippen MR) is 91.3 cm³/mol. The van der Waals surface area contributed by atoms with E-state index in [2.05, 4.69) is 45.4 Å². The van der Waals surface area contributed by atoms with Gasteiger partial charge < -0.3 is 16.4 Å². The summed E-state index contributed by atoms with van der Waals surface area (Å²) in [6.45, 7) is 5.47. The fourth-order valence-electron chi connectivity index (χ4n) is 1.56. The fourth-order valence-corrected chi connectivity index (χ4v) is 1.82. The summed E-state index contributed by atoms with van der Waals surface area (Å²) in [4.78, 5) is 15.9. The summed E-state index contributed by atoms with van der Waals surface area (Å²) in [6.07, 6.45) is 1.35. The van der Waals surface area contributed by atoms with Crippen molar-refractivity contribution < 1.29 is 4.79 Å². The van der Waals surface area contributed by atoms with Crippen LogP contribution < -0.4 is 16.4 Å². The van der Waals surface area contributed by atoms with Crippen LogP contribution in [0.25, 0.3) is 0 Å². The van der Waals surface area contributed by atoms with Gasteiger partial charge in [0.05, 0.1) is 0 Å². The zero-order chi connectivity index (χ0) is 15.7. The van der Waals surface area contributed by atoms with Crippen molar-refractivity contribution in [3.63, 3.8) is 0 Å². The Morgan fingerprint density at radius 3 is 2.62 bits per heavy atom. The van der Waals surface area contributed by atoms with Crippen LogP contribution >= 0.6 is 15.9 Å². The summed E-state index contributed by atoms with van der Waals surface area (Å²) in [5.41, 5.74) is 6.50. The van der Waals surface area contributed by atoms with Gasteiger partial charge in [-0.2, -0.15) is 0 Å². The van der Waals surface area contributed by atoms with Crippen LogP contribution in [0.2, 0.25) is 0 Å². The number of aliphatic imine (C=N–C) groups is 1. The first kappa shape index (κ1) is 17.5. The zero-order valence-corrected chi connectivity index (χ0v) is 14.1. The molecule has 0 aliphatic heterocycles. The minimum absolute atomic E-state index is 0.0557. The van der Waals surface area contributed by atoms with Gasteiger partial charge in [0.15, 0.2) is 5.96 Å². The molecule has 1 rings (SSSR count). The highest BCUT2D eigenvalue weighted by molar-refractivity contribution is 9.10. The van der Waals surface area contributed by atoms with Crippen molar-refractivity contribution in [2.45, 2.75) is 26.7 Å². The molecule has 6 heteroatoms. The number of halogens is 1. The van der Waals surface area contributed by atoms with Gasteiger partial charge in [0.1, 0.15) is 0 Å². The highest BCUT2D eigenvalue weighted by Crippen LogP contribution is 2.14. The quantitative estimate of drug-likeness (QED) is 0.520. The van der Waals surface area contributed by atoms with Gasteiger partial charge in [-0.1, -0.05) is 29.8 Å². The Labute approximate surface area is 134 Å². The molecule has 0 saturated carbocycles. The first-order chi connectivity index (χ1) is 9.97. The maximum Gasteiger partial charge on any atom is 0.226 e. The normalized spacial score (nSPS) is 11.5. The number of hydrogen-bond acceptors (Lipinski definition) is 2. The fraction of sp³-hybridized carbons (Fsp3) is 0.467. The van der Waals surface area contributed by atoms with E-state index in [-0.39, 0.29) is 5.91 Å². The van der Waals surface area contributed by atoms with E-state index in [0.29, 0.717) is 31.4 Å². The summed E-state index contributed by atoms with van der Waals surface area (Å²) in [6, 6.07) is 7.45. The van der Waals surface area contributed by atoms with Gasteiger partial charge >= 0.3 is 0 Å². The van der Waals surface area contributed by atoms with E-state index in [9.17, 15) is 4.79 Å². The van der Waals surface area contributed by atoms with Gasteiger partial charge in [-0.25, -0.2) is 0 Å². The van der Waals surface area contributed by atoms with Gasteiger partial charge in [-0.05, 0) is 36.6 Å². The molecule has 0 fully saturated rings. The number of guanidine groups is 1. The monoisotopic (exact) mass is 354 g/mol. The molecule has 0 aromatic heterocycles. The Morgan fingerprint density at radius 1 is 1.33 bits per heavy atom. The Kier molecular flexibility index (Phi) is 7.82. The summed E-state index contributed by atoms with van der Waals surface area (Å²) >= 11 is 3.35. The number of nitrogens with one attached hydrogen (secondary N) is 2. The third-order valence-electron chi connectivity index (χ3n) is 2.77. The number of hydrogen-bond donors (Lipinski definition) is 3. The van der Waals surface area contributed by atoms with Gasteiger partial charge in [0.25, 0.3) is 0 Å². The molecule has 0 heterocycles. The second kappa shape index (κ2) is 9.39. The molecule has 1 aromatic carbocycles. The number of carbonyl (C=O) groups is 1. The molecule has 0 aliphatic rings. The van der Waals surface area contributed by atoms with Crippen molar-refractivity contribution in [3.05, 3.63) is 28.7 Å². The highest BCUT2D eigenvalue weighted by atomic mass is 79.9. The molecule has 0 radical (unpaired) electrons. The number of carbonyl (C=O) groups excluding carboxylic acids is 1. The molecule has 0 bridgehead atoms. The smallest absolute Gasteiger partial charge is 0.226 e. The maximum absolute atomic E-state index is 11.7. The second-order valence-corrected chi connectivity index (χ2v) is 6.10. The van der Waals surface area contributed by atoms with Gasteiger partial charge in [-0.15, -0.1) is 0 Å². The number of benzene rings is 1. The molecule has 1 amide bonds. The third kappa shape index (κ3) is 8.34. The number of amides is 1. The van der Waals surface area contributed by atoms with Crippen molar-refractivity contribution in [2.24, 2.45) is 16.6 Å². The van der Waals surface area contributed by atoms with E-state index in [1.54, 1.807) is 0 Å². The number of nitrogens with two attached hydrogens (primary N) is 1. The molecule has 0 unspecified atom stereocenters. The first-order valence-electron chi connectivity index (χ1n) is 7.06. The summed E-state index contributed by atoms with van der Waals surface area (Å²) < 4.78 is 0.979. The van der Waals surface area contributed by atoms with Crippen LogP contribution in [0.1, 0.15) is 26.7 Å². The van der Waals surface area contributed by atoms with Crippen molar-refractivity contribution in [2.75, 3.05) is 18.4 Å². The van der Waals surface area contributed by atoms with Crippen LogP contribution in [0.3, 0.4) is 0 Å². The largest absolute Gasteiger partial charge is 0.370 e. The van der Waals surface area contributed by atoms with Crippen molar-refractivity contribution in [1.29, 1.82) is 0 Å². The van der Waals surface area contributed by atoms with E-state index in [0.717, 1.165) is 16.6 Å². The van der Waals surface area contributed by atoms with Crippen LogP contribution in [-0.2, 0) is 4.79 Å². The number of anilines is 1. The van der Waals surface area contributed by atoms with Crippen LogP contribution in [-0.4, -0.2) is 25.0 Å². The molecule has 116 valence electrons. The predicted octanol–water partition coefficient (Wildman–Crippen LogP) is 2.73. The van der Waals surface area contributed by atoms with E-state index in [4.69, 9.17) is 5.73 Å². The molecule has 1 aromatic rings. The Hall–Kier alpha value is -1.56. The Balaban J connectivity index is 2.22. The van der Waals surface area contributed by atoms with Crippen LogP contribution in [0.5, 0.6) is 0 Å². The van der Waals surface area contributed by atoms with E-state index in [1.165, 1.54) is 0 Å². The van der Waals surface area contributed by atoms with E-state index >= 15 is 0 Å². The van der Waals surface area contributed by atoms with E-state index in [1.807, 2.05) is 24.3 Å². The van der Waals surface area contributed by atoms with Crippen molar-refractivity contribution in [1.82, 2.24) is 5.32 Å². The topological polar surface area (TPSA) is 79.5 Å². The number of rotatable bonds is 7. The summed E-state index contributed by atoms with van der Waals surface area (Å²) in [5.74, 6) is 0.949. The standard InChI is InChI=1S/C15H23BrN4O/c1-11(2)7-9-18-15(17)19-10-8-14(21)20-13-5-3-12(16)4-6-13/h3-6,11H,7-10H2,1-2H3,(H,20,21)(H3,17,18,19). The third-order valence-corrected chi connectivity index (χ3v) is 3.30. The van der Waals surface area contributed by atoms with Crippen LogP contribution in [0.4, 0.5) is 5.69 Å². The highest BCUT2D eigenvalue weighted by Gasteiger charge is 2.02. The minimum atomic E-state index is -0.0557. The van der Waals surface area contributed by atoms with Crippen LogP contribution in [0, 0.1) is 5.92 Å². The molecule has 0 spiro atoms. The molecule has 0 atom stereocenters. The van der Waals surface area contributed by atoms with Gasteiger partial charge in [-0.3, -0.25) is 9.79 Å². The second-order valence-electron chi connectivity index (χ2n) is 5.18. The van der Waals surface area contributed by atoms with Gasteiger partial charge in [0, 0.05) is 29.7 Å². The molecular weight excluding hydrogens is 332 g/mol. The van der Waals surface area contributed by atoms with Crippen LogP contribution in [0.15, 0.2) is 33.7 Å². The lowest BCUT2D eigenvalue weighted by molar-refractivity contribution is -0.116. The molecule has 4 N–H and O–H groups in total. The summed E-state index contributed by atoms with van der Waals surface area (Å²) in [7, 11) is 0. The molecule has 0 saturated heterocycles. The lowest BCUT2D eigenvalue weighted by atomic mass is 10.1. The molecule has 5 nitrogen and oxygen atoms in total. The van der Waals surface area contributed by atoms with Crippen molar-refractivity contribution in [3.8, 4) is 0 Å². The van der Waals surface area contributed by atoms with E-state index < -0.39 is 0 Å². The molecule has 0 aliphatic carbocycles.